The third-order valence-corrected chi connectivity index (χ3v) is 5.89. The van der Waals surface area contributed by atoms with Crippen LogP contribution in [-0.4, -0.2) is 20.7 Å². The number of halogens is 4. The monoisotopic (exact) mass is 490 g/mol. The van der Waals surface area contributed by atoms with Gasteiger partial charge in [0.1, 0.15) is 0 Å². The highest BCUT2D eigenvalue weighted by atomic mass is 35.5. The topological polar surface area (TPSA) is 59.8 Å². The molecule has 0 aliphatic carbocycles. The number of nitrogens with one attached hydrogen (secondary N) is 1. The molecule has 0 fully saturated rings. The van der Waals surface area contributed by atoms with Gasteiger partial charge >= 0.3 is 0 Å². The van der Waals surface area contributed by atoms with E-state index < -0.39 is 5.91 Å². The number of aromatic nitrogens is 3. The van der Waals surface area contributed by atoms with Gasteiger partial charge in [-0.3, -0.25) is 4.79 Å². The Morgan fingerprint density at radius 3 is 2.26 bits per heavy atom. The number of rotatable bonds is 4. The lowest BCUT2D eigenvalue weighted by Crippen LogP contribution is -2.14. The second-order valence-electron chi connectivity index (χ2n) is 6.72. The first-order chi connectivity index (χ1) is 14.8. The summed E-state index contributed by atoms with van der Waals surface area (Å²) in [6.07, 6.45) is 0. The zero-order valence-corrected chi connectivity index (χ0v) is 19.1. The molecule has 0 unspecified atom stereocenters. The molecule has 156 valence electrons. The summed E-state index contributed by atoms with van der Waals surface area (Å²) in [5.74, 6) is -0.0267. The van der Waals surface area contributed by atoms with Crippen LogP contribution in [0.4, 0.5) is 5.69 Å². The summed E-state index contributed by atoms with van der Waals surface area (Å²) in [5, 5.41) is 8.66. The van der Waals surface area contributed by atoms with Crippen molar-refractivity contribution in [3.05, 3.63) is 92.1 Å². The summed E-state index contributed by atoms with van der Waals surface area (Å²) in [5.41, 5.74) is 2.93. The first-order valence-corrected chi connectivity index (χ1v) is 10.6. The molecule has 4 rings (SSSR count). The summed E-state index contributed by atoms with van der Waals surface area (Å²) in [4.78, 5) is 17.3. The fraction of sp³-hybridized carbons (Fsp3) is 0.0455. The number of nitrogens with zero attached hydrogens (tertiary/aromatic N) is 3. The molecule has 0 saturated heterocycles. The van der Waals surface area contributed by atoms with Gasteiger partial charge in [-0.1, -0.05) is 70.2 Å². The number of benzene rings is 3. The highest BCUT2D eigenvalue weighted by Crippen LogP contribution is 2.28. The fourth-order valence-electron chi connectivity index (χ4n) is 2.94. The van der Waals surface area contributed by atoms with E-state index >= 15 is 0 Å². The highest BCUT2D eigenvalue weighted by Gasteiger charge is 2.20. The molecule has 5 nitrogen and oxygen atoms in total. The average molecular weight is 492 g/mol. The minimum absolute atomic E-state index is 0.0198. The quantitative estimate of drug-likeness (QED) is 0.331. The van der Waals surface area contributed by atoms with Crippen LogP contribution in [0.2, 0.25) is 20.1 Å². The number of aryl methyl sites for hydroxylation is 1. The van der Waals surface area contributed by atoms with Gasteiger partial charge in [0, 0.05) is 11.3 Å². The van der Waals surface area contributed by atoms with E-state index in [1.165, 1.54) is 0 Å². The lowest BCUT2D eigenvalue weighted by molar-refractivity contribution is 0.101. The van der Waals surface area contributed by atoms with Crippen molar-refractivity contribution in [2.24, 2.45) is 0 Å². The van der Waals surface area contributed by atoms with Crippen LogP contribution < -0.4 is 5.32 Å². The third kappa shape index (κ3) is 4.70. The van der Waals surface area contributed by atoms with Gasteiger partial charge in [-0.15, -0.1) is 5.10 Å². The van der Waals surface area contributed by atoms with Gasteiger partial charge < -0.3 is 5.32 Å². The Kier molecular flexibility index (Phi) is 6.21. The lowest BCUT2D eigenvalue weighted by atomic mass is 10.1. The van der Waals surface area contributed by atoms with Gasteiger partial charge in [-0.05, 0) is 49.4 Å². The van der Waals surface area contributed by atoms with Crippen LogP contribution in [-0.2, 0) is 0 Å². The Hall–Kier alpha value is -2.57. The van der Waals surface area contributed by atoms with Gasteiger partial charge in [0.25, 0.3) is 5.91 Å². The Labute approximate surface area is 198 Å². The minimum Gasteiger partial charge on any atom is -0.319 e. The van der Waals surface area contributed by atoms with E-state index in [1.807, 2.05) is 31.2 Å². The summed E-state index contributed by atoms with van der Waals surface area (Å²) in [7, 11) is 0. The molecular weight excluding hydrogens is 478 g/mol. The van der Waals surface area contributed by atoms with Crippen molar-refractivity contribution in [2.45, 2.75) is 6.92 Å². The minimum atomic E-state index is -0.494. The highest BCUT2D eigenvalue weighted by molar-refractivity contribution is 6.42. The van der Waals surface area contributed by atoms with Gasteiger partial charge in [0.15, 0.2) is 5.82 Å². The molecule has 1 N–H and O–H groups in total. The summed E-state index contributed by atoms with van der Waals surface area (Å²) < 4.78 is 1.56. The van der Waals surface area contributed by atoms with Crippen molar-refractivity contribution in [3.8, 4) is 17.1 Å². The Morgan fingerprint density at radius 2 is 1.58 bits per heavy atom. The fourth-order valence-corrected chi connectivity index (χ4v) is 3.53. The number of anilines is 1. The van der Waals surface area contributed by atoms with Gasteiger partial charge in [0.2, 0.25) is 5.82 Å². The molecule has 0 radical (unpaired) electrons. The maximum Gasteiger partial charge on any atom is 0.295 e. The molecule has 4 aromatic rings. The van der Waals surface area contributed by atoms with Crippen molar-refractivity contribution < 1.29 is 4.79 Å². The molecular formula is C22H14Cl4N4O. The lowest BCUT2D eigenvalue weighted by Gasteiger charge is -2.07. The van der Waals surface area contributed by atoms with Crippen LogP contribution in [0, 0.1) is 6.92 Å². The Balaban J connectivity index is 1.77. The van der Waals surface area contributed by atoms with Crippen molar-refractivity contribution >= 4 is 58.0 Å². The molecule has 0 saturated carbocycles. The van der Waals surface area contributed by atoms with E-state index in [0.29, 0.717) is 37.3 Å². The van der Waals surface area contributed by atoms with Gasteiger partial charge in [-0.2, -0.15) is 0 Å². The van der Waals surface area contributed by atoms with Crippen LogP contribution in [0.5, 0.6) is 0 Å². The molecule has 0 spiro atoms. The zero-order chi connectivity index (χ0) is 22.1. The van der Waals surface area contributed by atoms with E-state index in [-0.39, 0.29) is 5.82 Å². The second kappa shape index (κ2) is 8.89. The van der Waals surface area contributed by atoms with Crippen molar-refractivity contribution in [1.29, 1.82) is 0 Å². The second-order valence-corrected chi connectivity index (χ2v) is 8.35. The van der Waals surface area contributed by atoms with Crippen molar-refractivity contribution in [2.75, 3.05) is 5.32 Å². The smallest absolute Gasteiger partial charge is 0.295 e. The number of carbonyl (C=O) groups is 1. The van der Waals surface area contributed by atoms with E-state index in [4.69, 9.17) is 46.4 Å². The summed E-state index contributed by atoms with van der Waals surface area (Å²) in [6.45, 7) is 1.97. The van der Waals surface area contributed by atoms with Gasteiger partial charge in [-0.25, -0.2) is 9.67 Å². The molecule has 0 bridgehead atoms. The van der Waals surface area contributed by atoms with Crippen LogP contribution in [0.15, 0.2) is 60.7 Å². The average Bonchev–Trinajstić information content (AvgIpc) is 3.18. The Bertz CT molecular complexity index is 1300. The number of hydrogen-bond donors (Lipinski definition) is 1. The molecule has 1 amide bonds. The number of amides is 1. The van der Waals surface area contributed by atoms with Crippen LogP contribution in [0.3, 0.4) is 0 Å². The molecule has 9 heteroatoms. The molecule has 0 atom stereocenters. The first-order valence-electron chi connectivity index (χ1n) is 9.08. The maximum absolute atomic E-state index is 12.9. The Morgan fingerprint density at radius 1 is 0.871 bits per heavy atom. The molecule has 1 aromatic heterocycles. The third-order valence-electron chi connectivity index (χ3n) is 4.41. The van der Waals surface area contributed by atoms with E-state index in [1.54, 1.807) is 41.1 Å². The number of carbonyl (C=O) groups excluding carboxylic acids is 1. The van der Waals surface area contributed by atoms with Crippen LogP contribution in [0.1, 0.15) is 16.2 Å². The largest absolute Gasteiger partial charge is 0.319 e. The van der Waals surface area contributed by atoms with E-state index in [0.717, 1.165) is 11.1 Å². The van der Waals surface area contributed by atoms with Gasteiger partial charge in [0.05, 0.1) is 25.8 Å². The van der Waals surface area contributed by atoms with Crippen LogP contribution in [0.25, 0.3) is 17.1 Å². The number of hydrogen-bond acceptors (Lipinski definition) is 3. The molecule has 0 aliphatic heterocycles. The first kappa shape index (κ1) is 21.7. The standard InChI is InChI=1S/C22H14Cl4N4O/c1-12-3-2-4-13(9-12)21-28-20(22(31)27-14-5-7-16(23)18(25)10-14)29-30(21)15-6-8-17(24)19(26)11-15/h2-11H,1H3,(H,27,31). The van der Waals surface area contributed by atoms with Crippen molar-refractivity contribution in [1.82, 2.24) is 14.8 Å². The maximum atomic E-state index is 12.9. The summed E-state index contributed by atoms with van der Waals surface area (Å²) >= 11 is 24.2. The van der Waals surface area contributed by atoms with E-state index in [9.17, 15) is 4.79 Å². The van der Waals surface area contributed by atoms with E-state index in [2.05, 4.69) is 15.4 Å². The molecule has 3 aromatic carbocycles. The zero-order valence-electron chi connectivity index (χ0n) is 16.0. The predicted octanol–water partition coefficient (Wildman–Crippen LogP) is 7.11. The SMILES string of the molecule is Cc1cccc(-c2nc(C(=O)Nc3ccc(Cl)c(Cl)c3)nn2-c2ccc(Cl)c(Cl)c2)c1. The normalized spacial score (nSPS) is 10.9. The summed E-state index contributed by atoms with van der Waals surface area (Å²) in [6, 6.07) is 17.6. The van der Waals surface area contributed by atoms with Crippen molar-refractivity contribution in [3.63, 3.8) is 0 Å². The molecule has 31 heavy (non-hydrogen) atoms. The predicted molar refractivity (Wildman–Crippen MR) is 126 cm³/mol. The molecule has 1 heterocycles. The van der Waals surface area contributed by atoms with Crippen LogP contribution >= 0.6 is 46.4 Å². The molecule has 0 aliphatic rings.